The third-order valence-corrected chi connectivity index (χ3v) is 3.04. The Labute approximate surface area is 100 Å². The summed E-state index contributed by atoms with van der Waals surface area (Å²) in [4.78, 5) is 20.7. The second-order valence-corrected chi connectivity index (χ2v) is 5.19. The van der Waals surface area contributed by atoms with E-state index in [4.69, 9.17) is 5.26 Å². The molecule has 0 rings (SSSR count). The number of carbonyl (C=O) groups excluding carboxylic acids is 1. The summed E-state index contributed by atoms with van der Waals surface area (Å²) in [5, 5.41) is 10.5. The molecule has 2 atom stereocenters. The Balaban J connectivity index is 4.48. The summed E-state index contributed by atoms with van der Waals surface area (Å²) in [6.45, 7) is 3.22. The summed E-state index contributed by atoms with van der Waals surface area (Å²) in [5.41, 5.74) is 0. The van der Waals surface area contributed by atoms with E-state index < -0.39 is 19.8 Å². The van der Waals surface area contributed by atoms with Crippen molar-refractivity contribution >= 4 is 13.7 Å². The van der Waals surface area contributed by atoms with Gasteiger partial charge in [0.15, 0.2) is 0 Å². The molecule has 0 aliphatic carbocycles. The number of nitrogens with one attached hydrogen (secondary N) is 1. The van der Waals surface area contributed by atoms with Gasteiger partial charge in [-0.1, -0.05) is 13.8 Å². The number of methoxy groups -OCH3 is 1. The normalized spacial score (nSPS) is 16.0. The van der Waals surface area contributed by atoms with E-state index in [1.807, 2.05) is 0 Å². The van der Waals surface area contributed by atoms with Crippen LogP contribution >= 0.6 is 7.75 Å². The lowest BCUT2D eigenvalue weighted by molar-refractivity contribution is -0.143. The zero-order chi connectivity index (χ0) is 13.5. The van der Waals surface area contributed by atoms with Gasteiger partial charge in [-0.15, -0.1) is 0 Å². The number of hydrogen-bond donors (Lipinski definition) is 2. The van der Waals surface area contributed by atoms with Gasteiger partial charge in [-0.3, -0.25) is 9.32 Å². The minimum Gasteiger partial charge on any atom is -0.468 e. The first-order valence-electron chi connectivity index (χ1n) is 5.04. The van der Waals surface area contributed by atoms with Crippen LogP contribution in [0.15, 0.2) is 0 Å². The van der Waals surface area contributed by atoms with Crippen molar-refractivity contribution in [3.63, 3.8) is 0 Å². The average molecular weight is 264 g/mol. The van der Waals surface area contributed by atoms with E-state index in [0.717, 1.165) is 0 Å². The van der Waals surface area contributed by atoms with Crippen LogP contribution in [0.1, 0.15) is 20.3 Å². The second-order valence-electron chi connectivity index (χ2n) is 3.64. The lowest BCUT2D eigenvalue weighted by Crippen LogP contribution is -2.40. The smallest absolute Gasteiger partial charge is 0.403 e. The minimum absolute atomic E-state index is 0.00318. The molecule has 0 aromatic carbocycles. The summed E-state index contributed by atoms with van der Waals surface area (Å²) < 4.78 is 20.6. The van der Waals surface area contributed by atoms with E-state index in [2.05, 4.69) is 14.3 Å². The Bertz CT molecular complexity index is 339. The van der Waals surface area contributed by atoms with Crippen molar-refractivity contribution in [1.82, 2.24) is 5.09 Å². The Kier molecular flexibility index (Phi) is 7.00. The van der Waals surface area contributed by atoms with Crippen LogP contribution in [0.3, 0.4) is 0 Å². The number of ether oxygens (including phenoxy) is 1. The molecule has 0 amide bonds. The van der Waals surface area contributed by atoms with E-state index in [1.165, 1.54) is 7.11 Å². The highest BCUT2D eigenvalue weighted by atomic mass is 31.2. The van der Waals surface area contributed by atoms with Crippen LogP contribution in [0.4, 0.5) is 0 Å². The highest BCUT2D eigenvalue weighted by Gasteiger charge is 2.31. The van der Waals surface area contributed by atoms with Gasteiger partial charge < -0.3 is 9.63 Å². The molecule has 0 saturated heterocycles. The van der Waals surface area contributed by atoms with Gasteiger partial charge in [-0.25, -0.2) is 9.65 Å². The van der Waals surface area contributed by atoms with Gasteiger partial charge in [0.05, 0.1) is 26.2 Å². The lowest BCUT2D eigenvalue weighted by Gasteiger charge is -2.22. The predicted molar refractivity (Wildman–Crippen MR) is 59.8 cm³/mol. The first-order valence-corrected chi connectivity index (χ1v) is 6.61. The van der Waals surface area contributed by atoms with Crippen LogP contribution in [-0.2, 0) is 18.6 Å². The fourth-order valence-corrected chi connectivity index (χ4v) is 2.20. The molecule has 17 heavy (non-hydrogen) atoms. The van der Waals surface area contributed by atoms with Crippen LogP contribution in [0.2, 0.25) is 0 Å². The quantitative estimate of drug-likeness (QED) is 0.397. The molecule has 0 spiro atoms. The molecule has 2 unspecified atom stereocenters. The fraction of sp³-hybridized carbons (Fsp3) is 0.778. The Morgan fingerprint density at radius 2 is 2.18 bits per heavy atom. The van der Waals surface area contributed by atoms with Crippen molar-refractivity contribution in [2.24, 2.45) is 5.92 Å². The first-order chi connectivity index (χ1) is 7.84. The number of carbonyl (C=O) groups is 1. The van der Waals surface area contributed by atoms with Crippen LogP contribution in [0.25, 0.3) is 0 Å². The molecule has 0 aliphatic rings. The van der Waals surface area contributed by atoms with Gasteiger partial charge in [-0.05, 0) is 5.92 Å². The zero-order valence-corrected chi connectivity index (χ0v) is 10.9. The molecule has 0 heterocycles. The predicted octanol–water partition coefficient (Wildman–Crippen LogP) is 0.804. The van der Waals surface area contributed by atoms with Crippen LogP contribution in [0.5, 0.6) is 0 Å². The molecule has 0 aromatic heterocycles. The van der Waals surface area contributed by atoms with Crippen molar-refractivity contribution in [3.05, 3.63) is 0 Å². The molecule has 98 valence electrons. The molecule has 2 N–H and O–H groups in total. The molecule has 0 bridgehead atoms. The number of nitrogens with zero attached hydrogens (tertiary/aromatic N) is 1. The highest BCUT2D eigenvalue weighted by Crippen LogP contribution is 2.38. The fourth-order valence-electron chi connectivity index (χ4n) is 1.03. The number of esters is 1. The van der Waals surface area contributed by atoms with Crippen LogP contribution < -0.4 is 5.09 Å². The molecule has 8 heteroatoms. The number of rotatable bonds is 7. The third kappa shape index (κ3) is 6.39. The summed E-state index contributed by atoms with van der Waals surface area (Å²) >= 11 is 0. The monoisotopic (exact) mass is 264 g/mol. The van der Waals surface area contributed by atoms with Gasteiger partial charge in [-0.2, -0.15) is 5.26 Å². The van der Waals surface area contributed by atoms with Crippen LogP contribution in [-0.4, -0.2) is 30.6 Å². The summed E-state index contributed by atoms with van der Waals surface area (Å²) in [7, 11) is -2.91. The van der Waals surface area contributed by atoms with Crippen molar-refractivity contribution < 1.29 is 23.5 Å². The highest BCUT2D eigenvalue weighted by molar-refractivity contribution is 7.50. The number of nitriles is 1. The molecule has 0 saturated carbocycles. The molecule has 0 fully saturated rings. The maximum Gasteiger partial charge on any atom is 0.403 e. The molecule has 7 nitrogen and oxygen atoms in total. The summed E-state index contributed by atoms with van der Waals surface area (Å²) in [6, 6.07) is 0.841. The maximum atomic E-state index is 11.5. The Morgan fingerprint density at radius 3 is 2.59 bits per heavy atom. The van der Waals surface area contributed by atoms with E-state index in [9.17, 15) is 14.3 Å². The SMILES string of the molecule is COC(=O)C(NP(=O)(O)OCCC#N)C(C)C. The molecule has 0 aliphatic heterocycles. The van der Waals surface area contributed by atoms with E-state index in [-0.39, 0.29) is 18.9 Å². The van der Waals surface area contributed by atoms with E-state index in [0.29, 0.717) is 0 Å². The van der Waals surface area contributed by atoms with Crippen molar-refractivity contribution in [2.75, 3.05) is 13.7 Å². The Hall–Kier alpha value is -0.930. The van der Waals surface area contributed by atoms with Gasteiger partial charge in [0.1, 0.15) is 6.04 Å². The molecular weight excluding hydrogens is 247 g/mol. The first kappa shape index (κ1) is 16.1. The van der Waals surface area contributed by atoms with Gasteiger partial charge in [0.2, 0.25) is 0 Å². The average Bonchev–Trinajstić information content (AvgIpc) is 2.25. The van der Waals surface area contributed by atoms with Gasteiger partial charge in [0, 0.05) is 0 Å². The molecule has 0 radical (unpaired) electrons. The summed E-state index contributed by atoms with van der Waals surface area (Å²) in [6.07, 6.45) is -0.00318. The Morgan fingerprint density at radius 1 is 1.59 bits per heavy atom. The molecular formula is C9H17N2O5P. The van der Waals surface area contributed by atoms with Gasteiger partial charge >= 0.3 is 13.7 Å². The molecule has 0 aromatic rings. The standard InChI is InChI=1S/C9H17N2O5P/c1-7(2)8(9(12)15-3)11-17(13,14)16-6-4-5-10/h7-8H,4,6H2,1-3H3,(H2,11,13,14). The van der Waals surface area contributed by atoms with Crippen molar-refractivity contribution in [3.8, 4) is 6.07 Å². The van der Waals surface area contributed by atoms with Crippen molar-refractivity contribution in [2.45, 2.75) is 26.3 Å². The van der Waals surface area contributed by atoms with Crippen LogP contribution in [0, 0.1) is 17.2 Å². The largest absolute Gasteiger partial charge is 0.468 e. The lowest BCUT2D eigenvalue weighted by atomic mass is 10.1. The zero-order valence-electron chi connectivity index (χ0n) is 10.0. The van der Waals surface area contributed by atoms with E-state index in [1.54, 1.807) is 19.9 Å². The topological polar surface area (TPSA) is 109 Å². The minimum atomic E-state index is -4.10. The summed E-state index contributed by atoms with van der Waals surface area (Å²) in [5.74, 6) is -0.874. The van der Waals surface area contributed by atoms with Crippen molar-refractivity contribution in [1.29, 1.82) is 5.26 Å². The third-order valence-electron chi connectivity index (χ3n) is 1.90. The number of hydrogen-bond acceptors (Lipinski definition) is 5. The maximum absolute atomic E-state index is 11.5. The van der Waals surface area contributed by atoms with Gasteiger partial charge in [0.25, 0.3) is 0 Å². The second kappa shape index (κ2) is 7.41. The van der Waals surface area contributed by atoms with E-state index >= 15 is 0 Å².